The third-order valence-electron chi connectivity index (χ3n) is 3.99. The monoisotopic (exact) mass is 362 g/mol. The number of esters is 1. The molecular formula is C18H22N2O4S. The molecule has 0 N–H and O–H groups in total. The zero-order valence-corrected chi connectivity index (χ0v) is 15.3. The smallest absolute Gasteiger partial charge is 0.338 e. The summed E-state index contributed by atoms with van der Waals surface area (Å²) < 4.78 is 13.4. The van der Waals surface area contributed by atoms with E-state index in [2.05, 4.69) is 4.99 Å². The molecule has 1 aliphatic carbocycles. The molecule has 1 heterocycles. The Hall–Kier alpha value is -1.99. The fourth-order valence-corrected chi connectivity index (χ4v) is 3.63. The molecule has 2 aromatic rings. The van der Waals surface area contributed by atoms with Crippen LogP contribution in [0.2, 0.25) is 0 Å². The number of rotatable bonds is 7. The van der Waals surface area contributed by atoms with Crippen LogP contribution < -0.4 is 4.80 Å². The maximum Gasteiger partial charge on any atom is 0.338 e. The van der Waals surface area contributed by atoms with Gasteiger partial charge in [-0.05, 0) is 44.9 Å². The minimum Gasteiger partial charge on any atom is -0.462 e. The number of thiazole rings is 1. The van der Waals surface area contributed by atoms with Crippen LogP contribution in [-0.2, 0) is 20.8 Å². The van der Waals surface area contributed by atoms with Gasteiger partial charge in [-0.2, -0.15) is 4.99 Å². The minimum atomic E-state index is -0.341. The van der Waals surface area contributed by atoms with Crippen LogP contribution in [0.3, 0.4) is 0 Å². The summed E-state index contributed by atoms with van der Waals surface area (Å²) in [6.45, 7) is 5.87. The quantitative estimate of drug-likeness (QED) is 0.561. The average Bonchev–Trinajstić information content (AvgIpc) is 3.39. The lowest BCUT2D eigenvalue weighted by molar-refractivity contribution is -0.119. The van der Waals surface area contributed by atoms with E-state index in [9.17, 15) is 9.59 Å². The second-order valence-corrected chi connectivity index (χ2v) is 6.87. The topological polar surface area (TPSA) is 69.9 Å². The molecule has 134 valence electrons. The Balaban J connectivity index is 2.01. The van der Waals surface area contributed by atoms with E-state index in [-0.39, 0.29) is 17.8 Å². The summed E-state index contributed by atoms with van der Waals surface area (Å²) in [4.78, 5) is 29.0. The lowest BCUT2D eigenvalue weighted by Gasteiger charge is -2.06. The van der Waals surface area contributed by atoms with Crippen molar-refractivity contribution in [3.8, 4) is 0 Å². The van der Waals surface area contributed by atoms with Crippen LogP contribution in [-0.4, -0.2) is 36.3 Å². The van der Waals surface area contributed by atoms with E-state index in [0.29, 0.717) is 36.7 Å². The van der Waals surface area contributed by atoms with E-state index in [1.54, 1.807) is 19.1 Å². The van der Waals surface area contributed by atoms with Gasteiger partial charge in [-0.25, -0.2) is 4.79 Å². The first-order valence-electron chi connectivity index (χ1n) is 8.60. The molecule has 7 heteroatoms. The van der Waals surface area contributed by atoms with Gasteiger partial charge in [0.25, 0.3) is 5.91 Å². The predicted molar refractivity (Wildman–Crippen MR) is 95.6 cm³/mol. The second-order valence-electron chi connectivity index (χ2n) is 5.86. The number of carbonyl (C=O) groups excluding carboxylic acids is 2. The number of fused-ring (bicyclic) bond motifs is 1. The summed E-state index contributed by atoms with van der Waals surface area (Å²) in [6.07, 6.45) is 1.86. The van der Waals surface area contributed by atoms with E-state index in [0.717, 1.165) is 23.1 Å². The van der Waals surface area contributed by atoms with Crippen molar-refractivity contribution < 1.29 is 19.1 Å². The number of hydrogen-bond donors (Lipinski definition) is 0. The third-order valence-corrected chi connectivity index (χ3v) is 5.03. The highest BCUT2D eigenvalue weighted by Crippen LogP contribution is 2.30. The standard InChI is InChI=1S/C18H22N2O4S/c1-3-23-10-9-20-14-8-7-13(17(22)24-4-2)11-15(14)25-18(20)19-16(21)12-5-6-12/h7-8,11-12H,3-6,9-10H2,1-2H3. The minimum absolute atomic E-state index is 0.0534. The first-order valence-corrected chi connectivity index (χ1v) is 9.42. The molecule has 1 saturated carbocycles. The largest absolute Gasteiger partial charge is 0.462 e. The van der Waals surface area contributed by atoms with E-state index in [4.69, 9.17) is 9.47 Å². The Morgan fingerprint density at radius 3 is 2.76 bits per heavy atom. The number of aromatic nitrogens is 1. The Morgan fingerprint density at radius 1 is 1.28 bits per heavy atom. The lowest BCUT2D eigenvalue weighted by atomic mass is 10.2. The van der Waals surface area contributed by atoms with E-state index < -0.39 is 0 Å². The summed E-state index contributed by atoms with van der Waals surface area (Å²) in [5.41, 5.74) is 1.45. The van der Waals surface area contributed by atoms with Gasteiger partial charge in [0.1, 0.15) is 0 Å². The van der Waals surface area contributed by atoms with Gasteiger partial charge < -0.3 is 14.0 Å². The number of ether oxygens (including phenoxy) is 2. The first kappa shape index (κ1) is 17.8. The fourth-order valence-electron chi connectivity index (χ4n) is 2.53. The molecule has 0 radical (unpaired) electrons. The van der Waals surface area contributed by atoms with Gasteiger partial charge in [-0.3, -0.25) is 4.79 Å². The molecule has 3 rings (SSSR count). The van der Waals surface area contributed by atoms with Crippen LogP contribution in [0, 0.1) is 5.92 Å². The molecule has 1 amide bonds. The van der Waals surface area contributed by atoms with Gasteiger partial charge in [0.15, 0.2) is 4.80 Å². The number of nitrogens with zero attached hydrogens (tertiary/aromatic N) is 2. The Labute approximate surface area is 150 Å². The molecule has 0 bridgehead atoms. The Bertz CT molecular complexity index is 848. The predicted octanol–water partition coefficient (Wildman–Crippen LogP) is 2.75. The summed E-state index contributed by atoms with van der Waals surface area (Å²) >= 11 is 1.42. The molecule has 0 aliphatic heterocycles. The molecular weight excluding hydrogens is 340 g/mol. The molecule has 1 aliphatic rings. The lowest BCUT2D eigenvalue weighted by Crippen LogP contribution is -2.20. The van der Waals surface area contributed by atoms with E-state index >= 15 is 0 Å². The molecule has 0 atom stereocenters. The highest BCUT2D eigenvalue weighted by molar-refractivity contribution is 7.16. The zero-order chi connectivity index (χ0) is 17.8. The number of amides is 1. The van der Waals surface area contributed by atoms with Crippen molar-refractivity contribution in [3.63, 3.8) is 0 Å². The van der Waals surface area contributed by atoms with Crippen molar-refractivity contribution in [2.75, 3.05) is 19.8 Å². The van der Waals surface area contributed by atoms with E-state index in [1.165, 1.54) is 11.3 Å². The summed E-state index contributed by atoms with van der Waals surface area (Å²) in [5.74, 6) is -0.311. The molecule has 1 aromatic carbocycles. The Morgan fingerprint density at radius 2 is 2.08 bits per heavy atom. The highest BCUT2D eigenvalue weighted by atomic mass is 32.1. The summed E-state index contributed by atoms with van der Waals surface area (Å²) in [6, 6.07) is 5.43. The maximum atomic E-state index is 12.1. The van der Waals surface area contributed by atoms with Crippen LogP contribution in [0.5, 0.6) is 0 Å². The first-order chi connectivity index (χ1) is 12.1. The van der Waals surface area contributed by atoms with Crippen molar-refractivity contribution >= 4 is 33.4 Å². The Kier molecular flexibility index (Phi) is 5.65. The fraction of sp³-hybridized carbons (Fsp3) is 0.500. The normalized spacial score (nSPS) is 14.9. The van der Waals surface area contributed by atoms with E-state index in [1.807, 2.05) is 17.6 Å². The molecule has 0 unspecified atom stereocenters. The van der Waals surface area contributed by atoms with Crippen LogP contribution >= 0.6 is 11.3 Å². The van der Waals surface area contributed by atoms with Crippen LogP contribution in [0.25, 0.3) is 10.2 Å². The van der Waals surface area contributed by atoms with Gasteiger partial charge in [-0.15, -0.1) is 0 Å². The molecule has 1 fully saturated rings. The van der Waals surface area contributed by atoms with Crippen molar-refractivity contribution in [2.45, 2.75) is 33.2 Å². The molecule has 0 spiro atoms. The van der Waals surface area contributed by atoms with Crippen molar-refractivity contribution in [1.29, 1.82) is 0 Å². The van der Waals surface area contributed by atoms with Crippen molar-refractivity contribution in [3.05, 3.63) is 28.6 Å². The molecule has 25 heavy (non-hydrogen) atoms. The average molecular weight is 362 g/mol. The van der Waals surface area contributed by atoms with Crippen LogP contribution in [0.4, 0.5) is 0 Å². The SMILES string of the molecule is CCOCCn1c(=NC(=O)C2CC2)sc2cc(C(=O)OCC)ccc21. The molecule has 6 nitrogen and oxygen atoms in total. The van der Waals surface area contributed by atoms with Gasteiger partial charge in [0.2, 0.25) is 0 Å². The highest BCUT2D eigenvalue weighted by Gasteiger charge is 2.29. The number of hydrogen-bond acceptors (Lipinski definition) is 5. The molecule has 1 aromatic heterocycles. The third kappa shape index (κ3) is 4.16. The number of benzene rings is 1. The van der Waals surface area contributed by atoms with Gasteiger partial charge >= 0.3 is 5.97 Å². The van der Waals surface area contributed by atoms with Crippen molar-refractivity contribution in [2.24, 2.45) is 10.9 Å². The van der Waals surface area contributed by atoms with Crippen molar-refractivity contribution in [1.82, 2.24) is 4.57 Å². The summed E-state index contributed by atoms with van der Waals surface area (Å²) in [5, 5.41) is 0. The molecule has 0 saturated heterocycles. The van der Waals surface area contributed by atoms with Gasteiger partial charge in [-0.1, -0.05) is 11.3 Å². The van der Waals surface area contributed by atoms with Gasteiger partial charge in [0, 0.05) is 19.1 Å². The maximum absolute atomic E-state index is 12.1. The van der Waals surface area contributed by atoms with Crippen LogP contribution in [0.15, 0.2) is 23.2 Å². The van der Waals surface area contributed by atoms with Crippen LogP contribution in [0.1, 0.15) is 37.0 Å². The number of carbonyl (C=O) groups is 2. The second kappa shape index (κ2) is 7.93. The van der Waals surface area contributed by atoms with Gasteiger partial charge in [0.05, 0.1) is 29.0 Å². The summed E-state index contributed by atoms with van der Waals surface area (Å²) in [7, 11) is 0. The zero-order valence-electron chi connectivity index (χ0n) is 14.5.